The highest BCUT2D eigenvalue weighted by molar-refractivity contribution is 5.86. The number of hydrogen-bond donors (Lipinski definition) is 1. The van der Waals surface area contributed by atoms with E-state index in [1.165, 1.54) is 5.39 Å². The largest absolute Gasteiger partial charge is 0.372 e. The van der Waals surface area contributed by atoms with E-state index in [-0.39, 0.29) is 6.41 Å². The Morgan fingerprint density at radius 3 is 2.38 bits per heavy atom. The van der Waals surface area contributed by atoms with Gasteiger partial charge in [-0.25, -0.2) is 9.97 Å². The van der Waals surface area contributed by atoms with Crippen LogP contribution >= 0.6 is 0 Å². The fourth-order valence-electron chi connectivity index (χ4n) is 2.16. The third kappa shape index (κ3) is 3.05. The SMILES string of the molecule is Cc1ncc(-c2ccc3c(c2)c(C)nn3C)cn1.NC=O. The van der Waals surface area contributed by atoms with Crippen molar-refractivity contribution in [1.29, 1.82) is 0 Å². The molecule has 0 saturated carbocycles. The Hall–Kier alpha value is -2.76. The lowest BCUT2D eigenvalue weighted by Crippen LogP contribution is -1.89. The number of benzene rings is 1. The summed E-state index contributed by atoms with van der Waals surface area (Å²) in [5.41, 5.74) is 8.51. The molecule has 0 aliphatic heterocycles. The highest BCUT2D eigenvalue weighted by Gasteiger charge is 2.07. The Kier molecular flexibility index (Phi) is 4.27. The van der Waals surface area contributed by atoms with Crippen molar-refractivity contribution in [1.82, 2.24) is 19.7 Å². The van der Waals surface area contributed by atoms with Gasteiger partial charge in [-0.1, -0.05) is 6.07 Å². The van der Waals surface area contributed by atoms with E-state index in [9.17, 15) is 0 Å². The molecule has 3 aromatic rings. The van der Waals surface area contributed by atoms with Crippen LogP contribution in [0.4, 0.5) is 0 Å². The van der Waals surface area contributed by atoms with Crippen LogP contribution in [0.1, 0.15) is 11.5 Å². The summed E-state index contributed by atoms with van der Waals surface area (Å²) in [6.07, 6.45) is 3.96. The van der Waals surface area contributed by atoms with Gasteiger partial charge in [-0.2, -0.15) is 5.10 Å². The van der Waals surface area contributed by atoms with E-state index in [0.29, 0.717) is 0 Å². The maximum Gasteiger partial charge on any atom is 0.204 e. The quantitative estimate of drug-likeness (QED) is 0.689. The second kappa shape index (κ2) is 6.13. The number of rotatable bonds is 1. The number of aryl methyl sites for hydroxylation is 3. The number of primary amides is 1. The van der Waals surface area contributed by atoms with Crippen molar-refractivity contribution in [2.75, 3.05) is 0 Å². The van der Waals surface area contributed by atoms with E-state index in [1.807, 2.05) is 38.0 Å². The molecule has 1 amide bonds. The maximum atomic E-state index is 8.58. The standard InChI is InChI=1S/C14H14N4.CH3NO/c1-9-13-6-11(4-5-14(13)18(3)17-9)12-7-15-10(2)16-8-12;2-1-3/h4-8H,1-3H3;1H,(H2,2,3). The van der Waals surface area contributed by atoms with Crippen LogP contribution in [0, 0.1) is 13.8 Å². The average Bonchev–Trinajstić information content (AvgIpc) is 2.75. The molecule has 0 atom stereocenters. The van der Waals surface area contributed by atoms with Gasteiger partial charge in [0.1, 0.15) is 5.82 Å². The van der Waals surface area contributed by atoms with Crippen molar-refractivity contribution >= 4 is 17.3 Å². The van der Waals surface area contributed by atoms with Crippen LogP contribution in [0.3, 0.4) is 0 Å². The Morgan fingerprint density at radius 1 is 1.14 bits per heavy atom. The molecule has 1 aromatic carbocycles. The zero-order valence-corrected chi connectivity index (χ0v) is 12.2. The summed E-state index contributed by atoms with van der Waals surface area (Å²) in [7, 11) is 1.96. The Bertz CT molecular complexity index is 762. The van der Waals surface area contributed by atoms with E-state index in [2.05, 4.69) is 39.0 Å². The van der Waals surface area contributed by atoms with Crippen molar-refractivity contribution in [3.05, 3.63) is 42.1 Å². The number of amides is 1. The summed E-state index contributed by atoms with van der Waals surface area (Å²) in [6.45, 7) is 3.91. The number of nitrogens with zero attached hydrogens (tertiary/aromatic N) is 4. The molecule has 0 aliphatic carbocycles. The second-order valence-electron chi connectivity index (χ2n) is 4.60. The minimum Gasteiger partial charge on any atom is -0.372 e. The monoisotopic (exact) mass is 283 g/mol. The third-order valence-corrected chi connectivity index (χ3v) is 3.15. The molecule has 0 aliphatic rings. The summed E-state index contributed by atoms with van der Waals surface area (Å²) in [4.78, 5) is 17.0. The van der Waals surface area contributed by atoms with Crippen molar-refractivity contribution in [3.8, 4) is 11.1 Å². The molecule has 0 spiro atoms. The van der Waals surface area contributed by atoms with E-state index < -0.39 is 0 Å². The minimum atomic E-state index is 0.250. The minimum absolute atomic E-state index is 0.250. The molecule has 2 aromatic heterocycles. The lowest BCUT2D eigenvalue weighted by molar-refractivity contribution is -0.106. The molecule has 2 heterocycles. The molecular formula is C15H17N5O. The maximum absolute atomic E-state index is 8.58. The topological polar surface area (TPSA) is 86.7 Å². The van der Waals surface area contributed by atoms with Crippen LogP contribution in [0.2, 0.25) is 0 Å². The zero-order chi connectivity index (χ0) is 15.4. The highest BCUT2D eigenvalue weighted by atomic mass is 16.1. The van der Waals surface area contributed by atoms with E-state index in [0.717, 1.165) is 28.2 Å². The van der Waals surface area contributed by atoms with Gasteiger partial charge in [0.15, 0.2) is 0 Å². The normalized spacial score (nSPS) is 10.0. The first-order valence-corrected chi connectivity index (χ1v) is 6.44. The predicted molar refractivity (Wildman–Crippen MR) is 81.5 cm³/mol. The number of nitrogens with two attached hydrogens (primary N) is 1. The van der Waals surface area contributed by atoms with Gasteiger partial charge in [0.05, 0.1) is 11.2 Å². The van der Waals surface area contributed by atoms with Crippen LogP contribution in [0.15, 0.2) is 30.6 Å². The van der Waals surface area contributed by atoms with Crippen molar-refractivity contribution < 1.29 is 4.79 Å². The molecule has 6 heteroatoms. The van der Waals surface area contributed by atoms with Gasteiger partial charge in [0.25, 0.3) is 0 Å². The molecule has 0 saturated heterocycles. The van der Waals surface area contributed by atoms with Crippen LogP contribution < -0.4 is 5.73 Å². The lowest BCUT2D eigenvalue weighted by atomic mass is 10.1. The fourth-order valence-corrected chi connectivity index (χ4v) is 2.16. The summed E-state index contributed by atoms with van der Waals surface area (Å²) in [5.74, 6) is 0.789. The van der Waals surface area contributed by atoms with E-state index in [1.54, 1.807) is 0 Å². The first kappa shape index (κ1) is 14.6. The molecule has 0 radical (unpaired) electrons. The molecule has 3 rings (SSSR count). The number of carbonyl (C=O) groups is 1. The molecule has 0 bridgehead atoms. The molecule has 0 fully saturated rings. The first-order chi connectivity index (χ1) is 10.1. The zero-order valence-electron chi connectivity index (χ0n) is 12.2. The Morgan fingerprint density at radius 2 is 1.76 bits per heavy atom. The number of aromatic nitrogens is 4. The van der Waals surface area contributed by atoms with Crippen LogP contribution in [0.25, 0.3) is 22.0 Å². The van der Waals surface area contributed by atoms with Crippen LogP contribution in [-0.4, -0.2) is 26.2 Å². The van der Waals surface area contributed by atoms with Gasteiger partial charge in [-0.3, -0.25) is 9.48 Å². The van der Waals surface area contributed by atoms with Gasteiger partial charge >= 0.3 is 0 Å². The van der Waals surface area contributed by atoms with Crippen LogP contribution in [-0.2, 0) is 11.8 Å². The van der Waals surface area contributed by atoms with Gasteiger partial charge in [-0.15, -0.1) is 0 Å². The molecule has 0 unspecified atom stereocenters. The highest BCUT2D eigenvalue weighted by Crippen LogP contribution is 2.25. The molecule has 2 N–H and O–H groups in total. The van der Waals surface area contributed by atoms with Crippen molar-refractivity contribution in [3.63, 3.8) is 0 Å². The number of fused-ring (bicyclic) bond motifs is 1. The van der Waals surface area contributed by atoms with Crippen molar-refractivity contribution in [2.24, 2.45) is 12.8 Å². The van der Waals surface area contributed by atoms with E-state index in [4.69, 9.17) is 4.79 Å². The van der Waals surface area contributed by atoms with Crippen molar-refractivity contribution in [2.45, 2.75) is 13.8 Å². The predicted octanol–water partition coefficient (Wildman–Crippen LogP) is 1.75. The van der Waals surface area contributed by atoms with Crippen LogP contribution in [0.5, 0.6) is 0 Å². The summed E-state index contributed by atoms with van der Waals surface area (Å²) >= 11 is 0. The lowest BCUT2D eigenvalue weighted by Gasteiger charge is -2.02. The number of carbonyl (C=O) groups excluding carboxylic acids is 1. The van der Waals surface area contributed by atoms with Gasteiger partial charge in [-0.05, 0) is 31.5 Å². The van der Waals surface area contributed by atoms with Gasteiger partial charge < -0.3 is 5.73 Å². The molecule has 108 valence electrons. The van der Waals surface area contributed by atoms with E-state index >= 15 is 0 Å². The summed E-state index contributed by atoms with van der Waals surface area (Å²) < 4.78 is 1.90. The first-order valence-electron chi connectivity index (χ1n) is 6.44. The Balaban J connectivity index is 0.000000497. The Labute approximate surface area is 122 Å². The average molecular weight is 283 g/mol. The van der Waals surface area contributed by atoms with Gasteiger partial charge in [0, 0.05) is 30.4 Å². The smallest absolute Gasteiger partial charge is 0.204 e. The molecular weight excluding hydrogens is 266 g/mol. The summed E-state index contributed by atoms with van der Waals surface area (Å²) in [5, 5.41) is 5.60. The summed E-state index contributed by atoms with van der Waals surface area (Å²) in [6, 6.07) is 6.31. The second-order valence-corrected chi connectivity index (χ2v) is 4.60. The van der Waals surface area contributed by atoms with Gasteiger partial charge in [0.2, 0.25) is 6.41 Å². The third-order valence-electron chi connectivity index (χ3n) is 3.15. The molecule has 6 nitrogen and oxygen atoms in total. The molecule has 21 heavy (non-hydrogen) atoms. The number of hydrogen-bond acceptors (Lipinski definition) is 4. The fraction of sp³-hybridized carbons (Fsp3) is 0.200.